The lowest BCUT2D eigenvalue weighted by atomic mass is 10.0. The monoisotopic (exact) mass is 500 g/mol. The van der Waals surface area contributed by atoms with Crippen LogP contribution in [0.15, 0.2) is 18.2 Å². The van der Waals surface area contributed by atoms with Crippen molar-refractivity contribution in [1.82, 2.24) is 15.5 Å². The average Bonchev–Trinajstić information content (AvgIpc) is 3.09. The van der Waals surface area contributed by atoms with Crippen LogP contribution in [0.5, 0.6) is 0 Å². The van der Waals surface area contributed by atoms with Crippen molar-refractivity contribution in [2.24, 2.45) is 0 Å². The number of anilines is 1. The number of carbonyl (C=O) groups is 5. The number of hydrogen-bond donors (Lipinski definition) is 4. The normalized spacial score (nSPS) is 17.2. The Bertz CT molecular complexity index is 979. The molecule has 0 aromatic heterocycles. The number of imide groups is 2. The third kappa shape index (κ3) is 7.29. The molecule has 0 aliphatic carbocycles. The van der Waals surface area contributed by atoms with Gasteiger partial charge in [0.05, 0.1) is 11.1 Å². The van der Waals surface area contributed by atoms with Crippen molar-refractivity contribution in [3.8, 4) is 0 Å². The van der Waals surface area contributed by atoms with E-state index in [9.17, 15) is 24.0 Å². The summed E-state index contributed by atoms with van der Waals surface area (Å²) in [5, 5.41) is 16.4. The van der Waals surface area contributed by atoms with Gasteiger partial charge in [0.1, 0.15) is 6.04 Å². The maximum Gasteiger partial charge on any atom is 0.404 e. The summed E-state index contributed by atoms with van der Waals surface area (Å²) in [7, 11) is 0. The number of unbranched alkanes of at least 4 members (excludes halogenated alkanes) is 9. The van der Waals surface area contributed by atoms with E-state index in [-0.39, 0.29) is 18.4 Å². The van der Waals surface area contributed by atoms with Crippen molar-refractivity contribution in [1.29, 1.82) is 0 Å². The molecule has 0 radical (unpaired) electrons. The lowest BCUT2D eigenvalue weighted by Crippen LogP contribution is -2.54. The zero-order valence-corrected chi connectivity index (χ0v) is 20.6. The van der Waals surface area contributed by atoms with Crippen molar-refractivity contribution >= 4 is 35.4 Å². The van der Waals surface area contributed by atoms with Crippen LogP contribution in [0, 0.1) is 0 Å². The topological polar surface area (TPSA) is 145 Å². The lowest BCUT2D eigenvalue weighted by Gasteiger charge is -2.27. The Hall–Kier alpha value is -3.43. The number of fused-ring (bicyclic) bond motifs is 1. The number of amides is 5. The number of benzene rings is 1. The molecule has 0 bridgehead atoms. The number of nitrogens with zero attached hydrogens (tertiary/aromatic N) is 1. The van der Waals surface area contributed by atoms with E-state index in [2.05, 4.69) is 16.0 Å². The van der Waals surface area contributed by atoms with E-state index in [0.29, 0.717) is 24.3 Å². The number of hydrogen-bond acceptors (Lipinski definition) is 6. The summed E-state index contributed by atoms with van der Waals surface area (Å²) in [5.74, 6) is -1.99. The fourth-order valence-corrected chi connectivity index (χ4v) is 4.74. The van der Waals surface area contributed by atoms with Crippen LogP contribution >= 0.6 is 0 Å². The highest BCUT2D eigenvalue weighted by atomic mass is 16.4. The Morgan fingerprint density at radius 2 is 1.50 bits per heavy atom. The third-order valence-electron chi connectivity index (χ3n) is 6.66. The van der Waals surface area contributed by atoms with E-state index in [4.69, 9.17) is 5.11 Å². The van der Waals surface area contributed by atoms with Crippen LogP contribution in [0.3, 0.4) is 0 Å². The van der Waals surface area contributed by atoms with Crippen molar-refractivity contribution in [3.63, 3.8) is 0 Å². The predicted octanol–water partition coefficient (Wildman–Crippen LogP) is 3.67. The highest BCUT2D eigenvalue weighted by Crippen LogP contribution is 2.32. The summed E-state index contributed by atoms with van der Waals surface area (Å²) in [6.07, 6.45) is 10.2. The van der Waals surface area contributed by atoms with Gasteiger partial charge in [-0.05, 0) is 31.4 Å². The minimum absolute atomic E-state index is 0.0984. The minimum atomic E-state index is -0.961. The molecule has 0 spiro atoms. The molecule has 1 unspecified atom stereocenters. The van der Waals surface area contributed by atoms with E-state index in [1.807, 2.05) is 0 Å². The van der Waals surface area contributed by atoms with Gasteiger partial charge in [-0.25, -0.2) is 4.79 Å². The smallest absolute Gasteiger partial charge is 0.404 e. The molecule has 0 saturated carbocycles. The van der Waals surface area contributed by atoms with Gasteiger partial charge in [-0.3, -0.25) is 29.4 Å². The molecule has 36 heavy (non-hydrogen) atoms. The van der Waals surface area contributed by atoms with Crippen LogP contribution in [0.4, 0.5) is 10.5 Å². The first kappa shape index (κ1) is 27.2. The van der Waals surface area contributed by atoms with Crippen LogP contribution in [-0.4, -0.2) is 58.9 Å². The van der Waals surface area contributed by atoms with E-state index >= 15 is 0 Å². The maximum absolute atomic E-state index is 13.1. The van der Waals surface area contributed by atoms with Gasteiger partial charge >= 0.3 is 6.09 Å². The summed E-state index contributed by atoms with van der Waals surface area (Å²) in [5.41, 5.74) is 1.18. The lowest BCUT2D eigenvalue weighted by molar-refractivity contribution is -0.136. The zero-order valence-electron chi connectivity index (χ0n) is 20.6. The number of carbonyl (C=O) groups excluding carboxylic acids is 4. The standard InChI is InChI=1S/C26H36N4O6/c31-21-15-14-20(23(32)29-21)30-24(33)18-12-11-13-19(22(18)25(30)34)27-16-9-7-5-3-1-2-4-6-8-10-17-28-26(35)36/h11-13,20,27-28H,1-10,14-17H2,(H,35,36)(H,29,31,32). The first-order chi connectivity index (χ1) is 17.4. The van der Waals surface area contributed by atoms with Crippen molar-refractivity contribution in [2.75, 3.05) is 18.4 Å². The molecule has 2 aliphatic rings. The highest BCUT2D eigenvalue weighted by Gasteiger charge is 2.45. The number of nitrogens with one attached hydrogen (secondary N) is 3. The van der Waals surface area contributed by atoms with Crippen molar-refractivity contribution in [3.05, 3.63) is 29.3 Å². The number of rotatable bonds is 15. The van der Waals surface area contributed by atoms with E-state index in [1.165, 1.54) is 25.7 Å². The van der Waals surface area contributed by atoms with Gasteiger partial charge < -0.3 is 15.7 Å². The fourth-order valence-electron chi connectivity index (χ4n) is 4.74. The van der Waals surface area contributed by atoms with E-state index < -0.39 is 35.8 Å². The summed E-state index contributed by atoms with van der Waals surface area (Å²) in [6.45, 7) is 1.21. The molecule has 3 rings (SSSR count). The number of carboxylic acid groups (broad SMARTS) is 1. The molecule has 5 amide bonds. The first-order valence-electron chi connectivity index (χ1n) is 13.0. The van der Waals surface area contributed by atoms with Gasteiger partial charge in [-0.2, -0.15) is 0 Å². The molecule has 2 aliphatic heterocycles. The molecule has 4 N–H and O–H groups in total. The van der Waals surface area contributed by atoms with Crippen LogP contribution in [0.1, 0.15) is 97.8 Å². The first-order valence-corrected chi connectivity index (χ1v) is 13.0. The molecular formula is C26H36N4O6. The molecule has 1 aromatic rings. The van der Waals surface area contributed by atoms with Crippen molar-refractivity contribution in [2.45, 2.75) is 83.1 Å². The molecule has 1 atom stereocenters. The van der Waals surface area contributed by atoms with Crippen LogP contribution in [0.2, 0.25) is 0 Å². The molecule has 2 heterocycles. The Balaban J connectivity index is 1.33. The molecule has 10 nitrogen and oxygen atoms in total. The van der Waals surface area contributed by atoms with Gasteiger partial charge in [0.2, 0.25) is 11.8 Å². The Morgan fingerprint density at radius 1 is 0.889 bits per heavy atom. The third-order valence-corrected chi connectivity index (χ3v) is 6.66. The Labute approximate surface area is 211 Å². The zero-order chi connectivity index (χ0) is 25.9. The molecule has 1 saturated heterocycles. The summed E-state index contributed by atoms with van der Waals surface area (Å²) >= 11 is 0. The quantitative estimate of drug-likeness (QED) is 0.212. The highest BCUT2D eigenvalue weighted by molar-refractivity contribution is 6.25. The van der Waals surface area contributed by atoms with Crippen LogP contribution in [0.25, 0.3) is 0 Å². The molecule has 10 heteroatoms. The van der Waals surface area contributed by atoms with Gasteiger partial charge in [0, 0.05) is 25.2 Å². The second-order valence-corrected chi connectivity index (χ2v) is 9.37. The second kappa shape index (κ2) is 13.6. The van der Waals surface area contributed by atoms with Crippen LogP contribution in [-0.2, 0) is 9.59 Å². The van der Waals surface area contributed by atoms with Crippen molar-refractivity contribution < 1.29 is 29.1 Å². The Kier molecular flexibility index (Phi) is 10.3. The SMILES string of the molecule is O=C(O)NCCCCCCCCCCCCNc1cccc2c1C(=O)N(C1CCC(=O)NC1=O)C2=O. The maximum atomic E-state index is 13.1. The largest absolute Gasteiger partial charge is 0.465 e. The summed E-state index contributed by atoms with van der Waals surface area (Å²) in [6, 6.07) is 4.13. The summed E-state index contributed by atoms with van der Waals surface area (Å²) in [4.78, 5) is 61.0. The van der Waals surface area contributed by atoms with Gasteiger partial charge in [-0.1, -0.05) is 57.4 Å². The fraction of sp³-hybridized carbons (Fsp3) is 0.577. The minimum Gasteiger partial charge on any atom is -0.465 e. The Morgan fingerprint density at radius 3 is 2.11 bits per heavy atom. The molecule has 1 fully saturated rings. The van der Waals surface area contributed by atoms with Gasteiger partial charge in [-0.15, -0.1) is 0 Å². The summed E-state index contributed by atoms with van der Waals surface area (Å²) < 4.78 is 0. The van der Waals surface area contributed by atoms with E-state index in [1.54, 1.807) is 18.2 Å². The van der Waals surface area contributed by atoms with E-state index in [0.717, 1.165) is 43.4 Å². The van der Waals surface area contributed by atoms with Gasteiger partial charge in [0.25, 0.3) is 11.8 Å². The second-order valence-electron chi connectivity index (χ2n) is 9.37. The molecule has 1 aromatic carbocycles. The molecule has 196 valence electrons. The molecular weight excluding hydrogens is 464 g/mol. The van der Waals surface area contributed by atoms with Gasteiger partial charge in [0.15, 0.2) is 0 Å². The average molecular weight is 501 g/mol. The van der Waals surface area contributed by atoms with Crippen LogP contribution < -0.4 is 16.0 Å². The predicted molar refractivity (Wildman–Crippen MR) is 134 cm³/mol. The number of piperidine rings is 1.